The maximum Gasteiger partial charge on any atom is 0.337 e. The number of hydrogen-bond donors (Lipinski definition) is 1. The van der Waals surface area contributed by atoms with Gasteiger partial charge in [-0.1, -0.05) is 53.5 Å². The molecule has 6 nitrogen and oxygen atoms in total. The normalized spacial score (nSPS) is 17.1. The zero-order chi connectivity index (χ0) is 30.5. The van der Waals surface area contributed by atoms with Crippen LogP contribution in [0.15, 0.2) is 72.8 Å². The van der Waals surface area contributed by atoms with Crippen molar-refractivity contribution in [3.63, 3.8) is 0 Å². The van der Waals surface area contributed by atoms with Crippen LogP contribution >= 0.6 is 23.2 Å². The lowest BCUT2D eigenvalue weighted by Crippen LogP contribution is -2.26. The molecule has 3 aromatic rings. The standard InChI is InChI=1S/C35H37Cl2N3O3/c1-39(2)33(41)8-5-18-40-19-17-28(22-40)38-27-13-9-23(10-14-27)34-29-15-11-25(35(42)43-3)20-24(29)6-4-7-31(34)30-16-12-26(36)21-32(30)37/h5,8-16,20-21,28,38H,4,6-7,17-19,22H2,1-3H3/b8-5+/t28-/m0/s1. The summed E-state index contributed by atoms with van der Waals surface area (Å²) in [5.74, 6) is -0.330. The van der Waals surface area contributed by atoms with Gasteiger partial charge in [0.1, 0.15) is 0 Å². The van der Waals surface area contributed by atoms with Crippen molar-refractivity contribution in [2.75, 3.05) is 46.2 Å². The van der Waals surface area contributed by atoms with Gasteiger partial charge in [-0.15, -0.1) is 0 Å². The number of likely N-dealkylation sites (tertiary alicyclic amines) is 1. The number of benzene rings is 3. The molecular weight excluding hydrogens is 581 g/mol. The van der Waals surface area contributed by atoms with Crippen LogP contribution in [0.25, 0.3) is 11.1 Å². The monoisotopic (exact) mass is 617 g/mol. The summed E-state index contributed by atoms with van der Waals surface area (Å²) in [4.78, 5) is 28.0. The van der Waals surface area contributed by atoms with Crippen LogP contribution in [0, 0.1) is 0 Å². The van der Waals surface area contributed by atoms with E-state index in [2.05, 4.69) is 34.5 Å². The number of ether oxygens (including phenoxy) is 1. The van der Waals surface area contributed by atoms with E-state index in [0.717, 1.165) is 78.8 Å². The largest absolute Gasteiger partial charge is 0.465 e. The number of esters is 1. The minimum atomic E-state index is -0.336. The molecule has 224 valence electrons. The number of nitrogens with one attached hydrogen (secondary N) is 1. The van der Waals surface area contributed by atoms with Gasteiger partial charge in [-0.2, -0.15) is 0 Å². The van der Waals surface area contributed by atoms with Crippen molar-refractivity contribution in [1.82, 2.24) is 9.80 Å². The van der Waals surface area contributed by atoms with Crippen LogP contribution in [0.3, 0.4) is 0 Å². The van der Waals surface area contributed by atoms with E-state index in [-0.39, 0.29) is 11.9 Å². The van der Waals surface area contributed by atoms with Crippen molar-refractivity contribution >= 4 is 51.9 Å². The molecule has 0 radical (unpaired) electrons. The van der Waals surface area contributed by atoms with Crippen LogP contribution < -0.4 is 5.32 Å². The van der Waals surface area contributed by atoms with Gasteiger partial charge in [-0.05, 0) is 95.5 Å². The second-order valence-electron chi connectivity index (χ2n) is 11.3. The summed E-state index contributed by atoms with van der Waals surface area (Å²) < 4.78 is 4.99. The minimum absolute atomic E-state index is 0.00534. The third kappa shape index (κ3) is 7.32. The average Bonchev–Trinajstić information content (AvgIpc) is 3.35. The molecule has 0 bridgehead atoms. The maximum atomic E-state index is 12.3. The molecule has 5 rings (SSSR count). The summed E-state index contributed by atoms with van der Waals surface area (Å²) in [5.41, 5.74) is 8.18. The topological polar surface area (TPSA) is 61.9 Å². The Bertz CT molecular complexity index is 1560. The molecule has 2 aliphatic rings. The number of anilines is 1. The Morgan fingerprint density at radius 2 is 1.79 bits per heavy atom. The third-order valence-corrected chi connectivity index (χ3v) is 8.66. The molecule has 1 aliphatic heterocycles. The van der Waals surface area contributed by atoms with Gasteiger partial charge in [-0.3, -0.25) is 9.69 Å². The lowest BCUT2D eigenvalue weighted by Gasteiger charge is -2.19. The molecule has 1 heterocycles. The Hall–Kier alpha value is -3.58. The number of nitrogens with zero attached hydrogens (tertiary/aromatic N) is 2. The highest BCUT2D eigenvalue weighted by atomic mass is 35.5. The molecule has 43 heavy (non-hydrogen) atoms. The number of rotatable bonds is 8. The van der Waals surface area contributed by atoms with Crippen LogP contribution in [0.5, 0.6) is 0 Å². The molecule has 0 saturated carbocycles. The summed E-state index contributed by atoms with van der Waals surface area (Å²) in [6.45, 7) is 2.67. The van der Waals surface area contributed by atoms with E-state index in [1.807, 2.05) is 36.4 Å². The Labute approximate surface area is 263 Å². The number of aryl methyl sites for hydroxylation is 1. The number of amides is 1. The molecule has 0 unspecified atom stereocenters. The average molecular weight is 619 g/mol. The molecule has 1 atom stereocenters. The Kier molecular flexibility index (Phi) is 9.91. The van der Waals surface area contributed by atoms with Crippen molar-refractivity contribution in [1.29, 1.82) is 0 Å². The Morgan fingerprint density at radius 1 is 1.02 bits per heavy atom. The van der Waals surface area contributed by atoms with E-state index in [4.69, 9.17) is 27.9 Å². The fourth-order valence-corrected chi connectivity index (χ4v) is 6.43. The van der Waals surface area contributed by atoms with E-state index >= 15 is 0 Å². The van der Waals surface area contributed by atoms with Crippen LogP contribution in [0.1, 0.15) is 51.9 Å². The number of hydrogen-bond acceptors (Lipinski definition) is 5. The highest BCUT2D eigenvalue weighted by molar-refractivity contribution is 6.36. The first-order valence-corrected chi connectivity index (χ1v) is 15.4. The summed E-state index contributed by atoms with van der Waals surface area (Å²) in [7, 11) is 4.92. The fraction of sp³-hybridized carbons (Fsp3) is 0.314. The van der Waals surface area contributed by atoms with Gasteiger partial charge in [0, 0.05) is 61.6 Å². The minimum Gasteiger partial charge on any atom is -0.465 e. The van der Waals surface area contributed by atoms with Gasteiger partial charge in [0.15, 0.2) is 0 Å². The number of carbonyl (C=O) groups excluding carboxylic acids is 2. The number of halogens is 2. The maximum absolute atomic E-state index is 12.3. The van der Waals surface area contributed by atoms with Crippen LogP contribution in [0.4, 0.5) is 5.69 Å². The quantitative estimate of drug-likeness (QED) is 0.214. The number of carbonyl (C=O) groups is 2. The number of methoxy groups -OCH3 is 1. The SMILES string of the molecule is COC(=O)c1ccc2c(c1)CCCC(c1ccc(Cl)cc1Cl)=C2c1ccc(N[C@H]2CCN(C/C=C/C(=O)N(C)C)C2)cc1. The van der Waals surface area contributed by atoms with Crippen molar-refractivity contribution in [3.8, 4) is 0 Å². The summed E-state index contributed by atoms with van der Waals surface area (Å²) in [6.07, 6.45) is 7.22. The molecule has 1 fully saturated rings. The van der Waals surface area contributed by atoms with Gasteiger partial charge in [-0.25, -0.2) is 4.79 Å². The molecule has 0 aromatic heterocycles. The summed E-state index contributed by atoms with van der Waals surface area (Å²) >= 11 is 13.0. The lowest BCUT2D eigenvalue weighted by molar-refractivity contribution is -0.123. The van der Waals surface area contributed by atoms with E-state index in [1.54, 1.807) is 31.1 Å². The van der Waals surface area contributed by atoms with E-state index in [0.29, 0.717) is 21.7 Å². The molecule has 1 N–H and O–H groups in total. The highest BCUT2D eigenvalue weighted by Gasteiger charge is 2.24. The first kappa shape index (κ1) is 30.9. The summed E-state index contributed by atoms with van der Waals surface area (Å²) in [6, 6.07) is 20.4. The van der Waals surface area contributed by atoms with Gasteiger partial charge in [0.25, 0.3) is 0 Å². The Morgan fingerprint density at radius 3 is 2.51 bits per heavy atom. The highest BCUT2D eigenvalue weighted by Crippen LogP contribution is 2.42. The first-order valence-electron chi connectivity index (χ1n) is 14.6. The van der Waals surface area contributed by atoms with Crippen LogP contribution in [-0.4, -0.2) is 68.6 Å². The number of allylic oxidation sites excluding steroid dienone is 1. The van der Waals surface area contributed by atoms with Crippen molar-refractivity contribution in [2.45, 2.75) is 31.7 Å². The molecule has 1 saturated heterocycles. The van der Waals surface area contributed by atoms with Crippen LogP contribution in [-0.2, 0) is 16.0 Å². The zero-order valence-electron chi connectivity index (χ0n) is 24.8. The Balaban J connectivity index is 1.42. The van der Waals surface area contributed by atoms with Gasteiger partial charge in [0.05, 0.1) is 12.7 Å². The van der Waals surface area contributed by atoms with E-state index in [9.17, 15) is 9.59 Å². The van der Waals surface area contributed by atoms with Gasteiger partial charge >= 0.3 is 5.97 Å². The smallest absolute Gasteiger partial charge is 0.337 e. The second-order valence-corrected chi connectivity index (χ2v) is 12.1. The number of likely N-dealkylation sites (N-methyl/N-ethyl adjacent to an activating group) is 1. The molecule has 1 aliphatic carbocycles. The molecule has 8 heteroatoms. The van der Waals surface area contributed by atoms with Crippen molar-refractivity contribution < 1.29 is 14.3 Å². The molecular formula is C35H37Cl2N3O3. The second kappa shape index (κ2) is 13.8. The van der Waals surface area contributed by atoms with Crippen molar-refractivity contribution in [2.24, 2.45) is 0 Å². The van der Waals surface area contributed by atoms with Gasteiger partial charge < -0.3 is 15.0 Å². The molecule has 3 aromatic carbocycles. The van der Waals surface area contributed by atoms with Crippen LogP contribution in [0.2, 0.25) is 10.0 Å². The van der Waals surface area contributed by atoms with E-state index in [1.165, 1.54) is 12.7 Å². The predicted molar refractivity (Wildman–Crippen MR) is 176 cm³/mol. The lowest BCUT2D eigenvalue weighted by atomic mass is 9.87. The van der Waals surface area contributed by atoms with Gasteiger partial charge in [0.2, 0.25) is 5.91 Å². The van der Waals surface area contributed by atoms with E-state index < -0.39 is 0 Å². The molecule has 0 spiro atoms. The molecule has 1 amide bonds. The predicted octanol–water partition coefficient (Wildman–Crippen LogP) is 7.21. The van der Waals surface area contributed by atoms with Crippen molar-refractivity contribution in [3.05, 3.63) is 111 Å². The number of fused-ring (bicyclic) bond motifs is 1. The fourth-order valence-electron chi connectivity index (χ4n) is 5.90. The first-order chi connectivity index (χ1) is 20.7. The zero-order valence-corrected chi connectivity index (χ0v) is 26.3. The third-order valence-electron chi connectivity index (χ3n) is 8.11. The summed E-state index contributed by atoms with van der Waals surface area (Å²) in [5, 5.41) is 4.92.